The maximum absolute atomic E-state index is 5.78. The van der Waals surface area contributed by atoms with E-state index in [4.69, 9.17) is 11.6 Å². The van der Waals surface area contributed by atoms with Crippen LogP contribution in [0.15, 0.2) is 43.0 Å². The minimum Gasteiger partial charge on any atom is -0.268 e. The highest BCUT2D eigenvalue weighted by Gasteiger charge is 2.06. The molecule has 0 saturated heterocycles. The highest BCUT2D eigenvalue weighted by atomic mass is 35.5. The van der Waals surface area contributed by atoms with E-state index >= 15 is 0 Å². The number of allylic oxidation sites excluding steroid dienone is 1. The van der Waals surface area contributed by atoms with Crippen LogP contribution in [0.1, 0.15) is 11.3 Å². The number of hydrogen-bond acceptors (Lipinski definition) is 1. The molecule has 0 fully saturated rings. The van der Waals surface area contributed by atoms with Gasteiger partial charge in [0.1, 0.15) is 0 Å². The molecular weight excluding hydrogens is 232 g/mol. The summed E-state index contributed by atoms with van der Waals surface area (Å²) in [4.78, 5) is 0. The zero-order valence-electron chi connectivity index (χ0n) is 9.86. The Morgan fingerprint density at radius 1 is 1.35 bits per heavy atom. The largest absolute Gasteiger partial charge is 0.268 e. The molecule has 2 aromatic rings. The second kappa shape index (κ2) is 5.19. The van der Waals surface area contributed by atoms with Crippen molar-refractivity contribution in [1.29, 1.82) is 0 Å². The highest BCUT2D eigenvalue weighted by molar-refractivity contribution is 6.16. The van der Waals surface area contributed by atoms with E-state index in [1.807, 2.05) is 23.9 Å². The van der Waals surface area contributed by atoms with Gasteiger partial charge in [-0.05, 0) is 23.6 Å². The van der Waals surface area contributed by atoms with Crippen molar-refractivity contribution in [2.45, 2.75) is 12.3 Å². The molecule has 2 nitrogen and oxygen atoms in total. The van der Waals surface area contributed by atoms with Gasteiger partial charge in [0.25, 0.3) is 0 Å². The lowest BCUT2D eigenvalue weighted by Crippen LogP contribution is -1.94. The van der Waals surface area contributed by atoms with Gasteiger partial charge in [-0.25, -0.2) is 0 Å². The Hall–Kier alpha value is -1.54. The molecule has 0 saturated carbocycles. The fourth-order valence-corrected chi connectivity index (χ4v) is 1.97. The molecule has 0 atom stereocenters. The monoisotopic (exact) mass is 246 g/mol. The van der Waals surface area contributed by atoms with E-state index in [0.29, 0.717) is 5.88 Å². The van der Waals surface area contributed by atoms with Gasteiger partial charge in [0.15, 0.2) is 0 Å². The maximum Gasteiger partial charge on any atom is 0.0778 e. The highest BCUT2D eigenvalue weighted by Crippen LogP contribution is 2.21. The summed E-state index contributed by atoms with van der Waals surface area (Å²) in [5, 5.41) is 4.33. The van der Waals surface area contributed by atoms with E-state index in [1.54, 1.807) is 0 Å². The van der Waals surface area contributed by atoms with Gasteiger partial charge in [0, 0.05) is 7.05 Å². The van der Waals surface area contributed by atoms with Gasteiger partial charge < -0.3 is 0 Å². The van der Waals surface area contributed by atoms with Crippen molar-refractivity contribution >= 4 is 11.6 Å². The third kappa shape index (κ3) is 2.59. The van der Waals surface area contributed by atoms with Crippen LogP contribution in [0.3, 0.4) is 0 Å². The Morgan fingerprint density at radius 3 is 2.59 bits per heavy atom. The molecule has 0 bridgehead atoms. The van der Waals surface area contributed by atoms with E-state index in [2.05, 4.69) is 35.9 Å². The molecule has 3 heteroatoms. The Morgan fingerprint density at radius 2 is 2.06 bits per heavy atom. The van der Waals surface area contributed by atoms with Crippen LogP contribution in [0.2, 0.25) is 0 Å². The van der Waals surface area contributed by atoms with E-state index < -0.39 is 0 Å². The van der Waals surface area contributed by atoms with Crippen molar-refractivity contribution in [3.63, 3.8) is 0 Å². The lowest BCUT2D eigenvalue weighted by molar-refractivity contribution is 0.761. The first-order valence-electron chi connectivity index (χ1n) is 5.53. The van der Waals surface area contributed by atoms with Gasteiger partial charge in [0.2, 0.25) is 0 Å². The molecule has 1 aromatic carbocycles. The summed E-state index contributed by atoms with van der Waals surface area (Å²) >= 11 is 5.78. The molecule has 88 valence electrons. The minimum absolute atomic E-state index is 0.447. The second-order valence-electron chi connectivity index (χ2n) is 3.97. The SMILES string of the molecule is C=CCc1ccc(-c2cc(CCl)nn2C)cc1. The zero-order valence-corrected chi connectivity index (χ0v) is 10.6. The predicted octanol–water partition coefficient (Wildman–Crippen LogP) is 3.55. The van der Waals surface area contributed by atoms with Crippen LogP contribution in [0, 0.1) is 0 Å². The van der Waals surface area contributed by atoms with Crippen molar-refractivity contribution in [2.75, 3.05) is 0 Å². The van der Waals surface area contributed by atoms with Crippen LogP contribution >= 0.6 is 11.6 Å². The summed E-state index contributed by atoms with van der Waals surface area (Å²) < 4.78 is 1.86. The lowest BCUT2D eigenvalue weighted by atomic mass is 10.1. The Bertz CT molecular complexity index is 512. The van der Waals surface area contributed by atoms with Crippen LogP contribution < -0.4 is 0 Å². The molecule has 0 radical (unpaired) electrons. The van der Waals surface area contributed by atoms with E-state index in [-0.39, 0.29) is 0 Å². The third-order valence-electron chi connectivity index (χ3n) is 2.70. The summed E-state index contributed by atoms with van der Waals surface area (Å²) in [7, 11) is 1.93. The zero-order chi connectivity index (χ0) is 12.3. The Labute approximate surface area is 107 Å². The van der Waals surface area contributed by atoms with Gasteiger partial charge in [-0.1, -0.05) is 30.3 Å². The van der Waals surface area contributed by atoms with Gasteiger partial charge in [-0.15, -0.1) is 18.2 Å². The molecule has 1 heterocycles. The normalized spacial score (nSPS) is 10.5. The van der Waals surface area contributed by atoms with Crippen LogP contribution in [-0.2, 0) is 19.3 Å². The van der Waals surface area contributed by atoms with Crippen molar-refractivity contribution < 1.29 is 0 Å². The smallest absolute Gasteiger partial charge is 0.0778 e. The van der Waals surface area contributed by atoms with Crippen molar-refractivity contribution in [2.24, 2.45) is 7.05 Å². The Balaban J connectivity index is 2.32. The molecule has 0 unspecified atom stereocenters. The van der Waals surface area contributed by atoms with E-state index in [0.717, 1.165) is 23.4 Å². The number of aryl methyl sites for hydroxylation is 1. The molecule has 2 rings (SSSR count). The molecular formula is C14H15ClN2. The first-order valence-corrected chi connectivity index (χ1v) is 6.07. The van der Waals surface area contributed by atoms with Crippen LogP contribution in [0.25, 0.3) is 11.3 Å². The number of aromatic nitrogens is 2. The number of nitrogens with zero attached hydrogens (tertiary/aromatic N) is 2. The van der Waals surface area contributed by atoms with E-state index in [9.17, 15) is 0 Å². The fraction of sp³-hybridized carbons (Fsp3) is 0.214. The summed E-state index contributed by atoms with van der Waals surface area (Å²) in [5.74, 6) is 0.447. The van der Waals surface area contributed by atoms with Crippen molar-refractivity contribution in [3.05, 3.63) is 54.2 Å². The molecule has 0 aliphatic rings. The third-order valence-corrected chi connectivity index (χ3v) is 2.97. The van der Waals surface area contributed by atoms with Crippen LogP contribution in [-0.4, -0.2) is 9.78 Å². The molecule has 0 aliphatic carbocycles. The number of benzene rings is 1. The van der Waals surface area contributed by atoms with Crippen molar-refractivity contribution in [1.82, 2.24) is 9.78 Å². The molecule has 0 N–H and O–H groups in total. The number of alkyl halides is 1. The average molecular weight is 247 g/mol. The Kier molecular flexibility index (Phi) is 3.64. The number of hydrogen-bond donors (Lipinski definition) is 0. The summed E-state index contributed by atoms with van der Waals surface area (Å²) in [5.41, 5.74) is 4.41. The van der Waals surface area contributed by atoms with Gasteiger partial charge in [0.05, 0.1) is 17.3 Å². The van der Waals surface area contributed by atoms with Crippen molar-refractivity contribution in [3.8, 4) is 11.3 Å². The maximum atomic E-state index is 5.78. The second-order valence-corrected chi connectivity index (χ2v) is 4.24. The van der Waals surface area contributed by atoms with E-state index in [1.165, 1.54) is 5.56 Å². The fourth-order valence-electron chi connectivity index (χ4n) is 1.84. The first kappa shape index (κ1) is 11.9. The number of rotatable bonds is 4. The van der Waals surface area contributed by atoms with Crippen LogP contribution in [0.4, 0.5) is 0 Å². The summed E-state index contributed by atoms with van der Waals surface area (Å²) in [6.45, 7) is 3.74. The first-order chi connectivity index (χ1) is 8.24. The average Bonchev–Trinajstić information content (AvgIpc) is 2.72. The van der Waals surface area contributed by atoms with Gasteiger partial charge >= 0.3 is 0 Å². The molecule has 0 aliphatic heterocycles. The quantitative estimate of drug-likeness (QED) is 0.596. The van der Waals surface area contributed by atoms with Crippen LogP contribution in [0.5, 0.6) is 0 Å². The van der Waals surface area contributed by atoms with Gasteiger partial charge in [-0.2, -0.15) is 5.10 Å². The summed E-state index contributed by atoms with van der Waals surface area (Å²) in [6, 6.07) is 10.5. The lowest BCUT2D eigenvalue weighted by Gasteiger charge is -2.03. The predicted molar refractivity (Wildman–Crippen MR) is 72.1 cm³/mol. The molecule has 0 amide bonds. The topological polar surface area (TPSA) is 17.8 Å². The molecule has 0 spiro atoms. The standard InChI is InChI=1S/C14H15ClN2/c1-3-4-11-5-7-12(8-6-11)14-9-13(10-15)16-17(14)2/h3,5-9H,1,4,10H2,2H3. The molecule has 17 heavy (non-hydrogen) atoms. The summed E-state index contributed by atoms with van der Waals surface area (Å²) in [6.07, 6.45) is 2.81. The molecule has 1 aromatic heterocycles. The number of halogens is 1. The minimum atomic E-state index is 0.447. The van der Waals surface area contributed by atoms with Gasteiger partial charge in [-0.3, -0.25) is 4.68 Å².